The van der Waals surface area contributed by atoms with Crippen molar-refractivity contribution in [2.24, 2.45) is 0 Å². The monoisotopic (exact) mass is 263 g/mol. The van der Waals surface area contributed by atoms with Crippen LogP contribution in [0.1, 0.15) is 23.2 Å². The third-order valence-electron chi connectivity index (χ3n) is 3.11. The molecule has 1 heterocycles. The van der Waals surface area contributed by atoms with E-state index in [-0.39, 0.29) is 17.9 Å². The Balaban J connectivity index is 2.10. The number of amides is 2. The second-order valence-electron chi connectivity index (χ2n) is 4.44. The molecule has 0 bridgehead atoms. The Hall–Kier alpha value is -2.24. The van der Waals surface area contributed by atoms with Crippen molar-refractivity contribution >= 4 is 17.5 Å². The molecule has 2 amide bonds. The molecule has 1 aromatic rings. The standard InChI is InChI=1S/C13H17N3O3/c1-19-10-4-2-3-9(14)12(10)13(18)16-8-5-6-11(17)15-7-8/h2-4,8H,5-7,14H2,1H3,(H,15,17)(H,16,18). The van der Waals surface area contributed by atoms with Gasteiger partial charge in [-0.1, -0.05) is 6.07 Å². The van der Waals surface area contributed by atoms with Crippen molar-refractivity contribution in [2.45, 2.75) is 18.9 Å². The van der Waals surface area contributed by atoms with Crippen LogP contribution in [0.2, 0.25) is 0 Å². The molecule has 1 unspecified atom stereocenters. The highest BCUT2D eigenvalue weighted by molar-refractivity contribution is 6.02. The molecule has 1 fully saturated rings. The van der Waals surface area contributed by atoms with E-state index < -0.39 is 0 Å². The molecular weight excluding hydrogens is 246 g/mol. The molecule has 1 aliphatic rings. The predicted molar refractivity (Wildman–Crippen MR) is 70.9 cm³/mol. The Bertz CT molecular complexity index is 492. The maximum atomic E-state index is 12.2. The summed E-state index contributed by atoms with van der Waals surface area (Å²) in [5.41, 5.74) is 6.52. The molecule has 2 rings (SSSR count). The van der Waals surface area contributed by atoms with Gasteiger partial charge in [-0.25, -0.2) is 0 Å². The van der Waals surface area contributed by atoms with Gasteiger partial charge in [0.25, 0.3) is 5.91 Å². The number of nitrogens with one attached hydrogen (secondary N) is 2. The van der Waals surface area contributed by atoms with Crippen molar-refractivity contribution in [3.63, 3.8) is 0 Å². The van der Waals surface area contributed by atoms with E-state index >= 15 is 0 Å². The molecule has 6 heteroatoms. The minimum Gasteiger partial charge on any atom is -0.496 e. The lowest BCUT2D eigenvalue weighted by atomic mass is 10.1. The number of methoxy groups -OCH3 is 1. The van der Waals surface area contributed by atoms with Crippen LogP contribution in [0.4, 0.5) is 5.69 Å². The van der Waals surface area contributed by atoms with E-state index in [1.54, 1.807) is 18.2 Å². The molecule has 4 N–H and O–H groups in total. The zero-order chi connectivity index (χ0) is 13.8. The van der Waals surface area contributed by atoms with Crippen LogP contribution >= 0.6 is 0 Å². The summed E-state index contributed by atoms with van der Waals surface area (Å²) in [7, 11) is 1.49. The van der Waals surface area contributed by atoms with Gasteiger partial charge in [-0.15, -0.1) is 0 Å². The first-order chi connectivity index (χ1) is 9.11. The van der Waals surface area contributed by atoms with E-state index in [9.17, 15) is 9.59 Å². The first kappa shape index (κ1) is 13.2. The Labute approximate surface area is 111 Å². The molecule has 0 spiro atoms. The lowest BCUT2D eigenvalue weighted by molar-refractivity contribution is -0.122. The topological polar surface area (TPSA) is 93.4 Å². The maximum absolute atomic E-state index is 12.2. The van der Waals surface area contributed by atoms with Crippen LogP contribution < -0.4 is 21.1 Å². The number of benzene rings is 1. The van der Waals surface area contributed by atoms with E-state index in [1.807, 2.05) is 0 Å². The van der Waals surface area contributed by atoms with Crippen molar-refractivity contribution < 1.29 is 14.3 Å². The van der Waals surface area contributed by atoms with E-state index in [1.165, 1.54) is 7.11 Å². The summed E-state index contributed by atoms with van der Waals surface area (Å²) in [6, 6.07) is 4.99. The largest absolute Gasteiger partial charge is 0.496 e. The van der Waals surface area contributed by atoms with E-state index in [2.05, 4.69) is 10.6 Å². The van der Waals surface area contributed by atoms with Gasteiger partial charge in [-0.05, 0) is 18.6 Å². The number of anilines is 1. The number of carbonyl (C=O) groups is 2. The number of ether oxygens (including phenoxy) is 1. The third-order valence-corrected chi connectivity index (χ3v) is 3.11. The highest BCUT2D eigenvalue weighted by Crippen LogP contribution is 2.24. The minimum atomic E-state index is -0.281. The molecule has 1 aliphatic heterocycles. The van der Waals surface area contributed by atoms with Gasteiger partial charge < -0.3 is 21.1 Å². The summed E-state index contributed by atoms with van der Waals surface area (Å²) in [5, 5.41) is 5.57. The summed E-state index contributed by atoms with van der Waals surface area (Å²) in [5.74, 6) is 0.177. The molecule has 0 saturated carbocycles. The number of piperidine rings is 1. The lowest BCUT2D eigenvalue weighted by Gasteiger charge is -2.24. The quantitative estimate of drug-likeness (QED) is 0.683. The summed E-state index contributed by atoms with van der Waals surface area (Å²) in [6.07, 6.45) is 1.05. The fraction of sp³-hybridized carbons (Fsp3) is 0.385. The third kappa shape index (κ3) is 2.96. The number of nitrogen functional groups attached to an aromatic ring is 1. The van der Waals surface area contributed by atoms with Gasteiger partial charge in [-0.3, -0.25) is 9.59 Å². The highest BCUT2D eigenvalue weighted by Gasteiger charge is 2.22. The average Bonchev–Trinajstić information content (AvgIpc) is 2.40. The first-order valence-electron chi connectivity index (χ1n) is 6.12. The molecular formula is C13H17N3O3. The van der Waals surface area contributed by atoms with Crippen molar-refractivity contribution in [1.82, 2.24) is 10.6 Å². The van der Waals surface area contributed by atoms with E-state index in [0.717, 1.165) is 0 Å². The van der Waals surface area contributed by atoms with E-state index in [4.69, 9.17) is 10.5 Å². The smallest absolute Gasteiger partial charge is 0.257 e. The predicted octanol–water partition coefficient (Wildman–Crippen LogP) is 0.286. The van der Waals surface area contributed by atoms with E-state index in [0.29, 0.717) is 36.4 Å². The molecule has 102 valence electrons. The van der Waals surface area contributed by atoms with Crippen LogP contribution in [0.5, 0.6) is 5.75 Å². The number of rotatable bonds is 3. The number of hydrogen-bond acceptors (Lipinski definition) is 4. The van der Waals surface area contributed by atoms with Gasteiger partial charge in [0.2, 0.25) is 5.91 Å². The second-order valence-corrected chi connectivity index (χ2v) is 4.44. The second kappa shape index (κ2) is 5.60. The van der Waals surface area contributed by atoms with Crippen LogP contribution in [0.3, 0.4) is 0 Å². The highest BCUT2D eigenvalue weighted by atomic mass is 16.5. The van der Waals surface area contributed by atoms with Crippen LogP contribution in [-0.4, -0.2) is 31.5 Å². The molecule has 1 aromatic carbocycles. The summed E-state index contributed by atoms with van der Waals surface area (Å²) in [4.78, 5) is 23.3. The number of hydrogen-bond donors (Lipinski definition) is 3. The fourth-order valence-electron chi connectivity index (χ4n) is 2.07. The van der Waals surface area contributed by atoms with Gasteiger partial charge >= 0.3 is 0 Å². The van der Waals surface area contributed by atoms with Crippen molar-refractivity contribution in [3.05, 3.63) is 23.8 Å². The number of nitrogens with two attached hydrogens (primary N) is 1. The Kier molecular flexibility index (Phi) is 3.89. The average molecular weight is 263 g/mol. The Morgan fingerprint density at radius 3 is 2.95 bits per heavy atom. The van der Waals surface area contributed by atoms with Gasteiger partial charge in [0, 0.05) is 24.7 Å². The summed E-state index contributed by atoms with van der Waals surface area (Å²) >= 11 is 0. The van der Waals surface area contributed by atoms with Gasteiger partial charge in [0.05, 0.1) is 7.11 Å². The number of carbonyl (C=O) groups excluding carboxylic acids is 2. The van der Waals surface area contributed by atoms with Crippen LogP contribution in [0, 0.1) is 0 Å². The van der Waals surface area contributed by atoms with Crippen LogP contribution in [-0.2, 0) is 4.79 Å². The van der Waals surface area contributed by atoms with Gasteiger partial charge in [0.1, 0.15) is 11.3 Å². The molecule has 0 aliphatic carbocycles. The minimum absolute atomic E-state index is 0.0160. The molecule has 6 nitrogen and oxygen atoms in total. The molecule has 0 radical (unpaired) electrons. The molecule has 1 atom stereocenters. The van der Waals surface area contributed by atoms with Crippen LogP contribution in [0.25, 0.3) is 0 Å². The first-order valence-corrected chi connectivity index (χ1v) is 6.12. The summed E-state index contributed by atoms with van der Waals surface area (Å²) < 4.78 is 5.14. The normalized spacial score (nSPS) is 18.6. The van der Waals surface area contributed by atoms with Crippen molar-refractivity contribution in [2.75, 3.05) is 19.4 Å². The van der Waals surface area contributed by atoms with Crippen LogP contribution in [0.15, 0.2) is 18.2 Å². The molecule has 0 aromatic heterocycles. The van der Waals surface area contributed by atoms with Crippen molar-refractivity contribution in [1.29, 1.82) is 0 Å². The van der Waals surface area contributed by atoms with Gasteiger partial charge in [-0.2, -0.15) is 0 Å². The van der Waals surface area contributed by atoms with Crippen molar-refractivity contribution in [3.8, 4) is 5.75 Å². The Morgan fingerprint density at radius 2 is 2.32 bits per heavy atom. The zero-order valence-corrected chi connectivity index (χ0v) is 10.7. The zero-order valence-electron chi connectivity index (χ0n) is 10.7. The molecule has 19 heavy (non-hydrogen) atoms. The molecule has 1 saturated heterocycles. The lowest BCUT2D eigenvalue weighted by Crippen LogP contribution is -2.47. The fourth-order valence-corrected chi connectivity index (χ4v) is 2.07. The Morgan fingerprint density at radius 1 is 1.53 bits per heavy atom. The summed E-state index contributed by atoms with van der Waals surface area (Å²) in [6.45, 7) is 0.444. The van der Waals surface area contributed by atoms with Gasteiger partial charge in [0.15, 0.2) is 0 Å². The SMILES string of the molecule is COc1cccc(N)c1C(=O)NC1CCC(=O)NC1. The maximum Gasteiger partial charge on any atom is 0.257 e.